The van der Waals surface area contributed by atoms with Gasteiger partial charge in [0.1, 0.15) is 0 Å². The zero-order valence-electron chi connectivity index (χ0n) is 10.9. The van der Waals surface area contributed by atoms with E-state index in [0.717, 1.165) is 54.2 Å². The Balaban J connectivity index is 2.10. The highest BCUT2D eigenvalue weighted by Gasteiger charge is 2.05. The summed E-state index contributed by atoms with van der Waals surface area (Å²) in [4.78, 5) is 7.72. The van der Waals surface area contributed by atoms with Gasteiger partial charge in [0, 0.05) is 25.5 Å². The first-order chi connectivity index (χ1) is 8.72. The number of aromatic amines is 1. The summed E-state index contributed by atoms with van der Waals surface area (Å²) in [6.07, 6.45) is 2.02. The smallest absolute Gasteiger partial charge is 0.179 e. The molecule has 1 N–H and O–H groups in total. The van der Waals surface area contributed by atoms with E-state index in [0.29, 0.717) is 0 Å². The molecule has 0 radical (unpaired) electrons. The number of H-pyrrole nitrogens is 1. The van der Waals surface area contributed by atoms with Gasteiger partial charge in [0.15, 0.2) is 10.4 Å². The molecule has 18 heavy (non-hydrogen) atoms. The van der Waals surface area contributed by atoms with E-state index in [9.17, 15) is 0 Å². The maximum Gasteiger partial charge on any atom is 0.179 e. The summed E-state index contributed by atoms with van der Waals surface area (Å²) in [6, 6.07) is 4.01. The van der Waals surface area contributed by atoms with E-state index in [1.54, 1.807) is 0 Å². The number of imidazole rings is 1. The third-order valence-electron chi connectivity index (χ3n) is 2.78. The summed E-state index contributed by atoms with van der Waals surface area (Å²) in [5, 5.41) is 0. The van der Waals surface area contributed by atoms with Crippen LogP contribution in [-0.2, 0) is 11.3 Å². The van der Waals surface area contributed by atoms with E-state index in [1.807, 2.05) is 23.6 Å². The molecule has 98 valence electrons. The molecule has 0 aliphatic carbocycles. The summed E-state index contributed by atoms with van der Waals surface area (Å²) in [5.74, 6) is 0. The molecule has 0 unspecified atom stereocenters. The van der Waals surface area contributed by atoms with Crippen molar-refractivity contribution in [3.63, 3.8) is 0 Å². The van der Waals surface area contributed by atoms with Crippen LogP contribution in [0.3, 0.4) is 0 Å². The molecule has 0 saturated heterocycles. The zero-order valence-corrected chi connectivity index (χ0v) is 11.7. The van der Waals surface area contributed by atoms with Gasteiger partial charge < -0.3 is 14.3 Å². The molecule has 2 heterocycles. The predicted octanol–water partition coefficient (Wildman–Crippen LogP) is 3.22. The summed E-state index contributed by atoms with van der Waals surface area (Å²) >= 11 is 5.32. The molecule has 0 spiro atoms. The fourth-order valence-electron chi connectivity index (χ4n) is 1.90. The summed E-state index contributed by atoms with van der Waals surface area (Å²) in [5.41, 5.74) is 2.95. The van der Waals surface area contributed by atoms with Gasteiger partial charge in [-0.3, -0.25) is 0 Å². The van der Waals surface area contributed by atoms with Gasteiger partial charge in [-0.05, 0) is 44.1 Å². The quantitative estimate of drug-likeness (QED) is 0.644. The highest BCUT2D eigenvalue weighted by molar-refractivity contribution is 7.71. The average Bonchev–Trinajstić information content (AvgIpc) is 2.65. The first-order valence-corrected chi connectivity index (χ1v) is 6.77. The van der Waals surface area contributed by atoms with Gasteiger partial charge in [-0.15, -0.1) is 0 Å². The maximum absolute atomic E-state index is 5.48. The molecule has 2 aromatic heterocycles. The SMILES string of the molecule is CCCOCCCn1c(=S)[nH]c2ccc(C)nc21. The Morgan fingerprint density at radius 3 is 3.00 bits per heavy atom. The molecule has 2 aromatic rings. The normalized spacial score (nSPS) is 11.2. The van der Waals surface area contributed by atoms with Gasteiger partial charge >= 0.3 is 0 Å². The van der Waals surface area contributed by atoms with Crippen molar-refractivity contribution >= 4 is 23.4 Å². The molecule has 2 rings (SSSR count). The van der Waals surface area contributed by atoms with Crippen LogP contribution in [0.5, 0.6) is 0 Å². The van der Waals surface area contributed by atoms with Crippen molar-refractivity contribution in [2.45, 2.75) is 33.2 Å². The summed E-state index contributed by atoms with van der Waals surface area (Å²) in [6.45, 7) is 6.55. The number of ether oxygens (including phenoxy) is 1. The number of hydrogen-bond donors (Lipinski definition) is 1. The van der Waals surface area contributed by atoms with E-state index < -0.39 is 0 Å². The number of aryl methyl sites for hydroxylation is 2. The first kappa shape index (κ1) is 13.2. The second-order valence-electron chi connectivity index (χ2n) is 4.37. The summed E-state index contributed by atoms with van der Waals surface area (Å²) < 4.78 is 8.26. The van der Waals surface area contributed by atoms with Gasteiger partial charge in [0.2, 0.25) is 0 Å². The number of pyridine rings is 1. The molecular weight excluding hydrogens is 246 g/mol. The lowest BCUT2D eigenvalue weighted by Gasteiger charge is -2.05. The maximum atomic E-state index is 5.48. The fourth-order valence-corrected chi connectivity index (χ4v) is 2.19. The standard InChI is InChI=1S/C13H19N3OS/c1-3-8-17-9-4-7-16-12-11(15-13(16)18)6-5-10(2)14-12/h5-6H,3-4,7-9H2,1-2H3,(H,15,18). The van der Waals surface area contributed by atoms with E-state index >= 15 is 0 Å². The molecule has 0 aromatic carbocycles. The summed E-state index contributed by atoms with van der Waals surface area (Å²) in [7, 11) is 0. The van der Waals surface area contributed by atoms with Crippen molar-refractivity contribution in [1.82, 2.24) is 14.5 Å². The van der Waals surface area contributed by atoms with Gasteiger partial charge in [0.05, 0.1) is 5.52 Å². The molecule has 0 atom stereocenters. The minimum Gasteiger partial charge on any atom is -0.381 e. The van der Waals surface area contributed by atoms with Gasteiger partial charge in [-0.25, -0.2) is 4.98 Å². The fraction of sp³-hybridized carbons (Fsp3) is 0.538. The average molecular weight is 265 g/mol. The lowest BCUT2D eigenvalue weighted by Crippen LogP contribution is -2.04. The Hall–Kier alpha value is -1.20. The van der Waals surface area contributed by atoms with Crippen molar-refractivity contribution in [2.24, 2.45) is 0 Å². The number of nitrogens with zero attached hydrogens (tertiary/aromatic N) is 2. The number of fused-ring (bicyclic) bond motifs is 1. The monoisotopic (exact) mass is 265 g/mol. The Morgan fingerprint density at radius 2 is 2.22 bits per heavy atom. The topological polar surface area (TPSA) is 42.8 Å². The van der Waals surface area contributed by atoms with Crippen LogP contribution in [0.1, 0.15) is 25.5 Å². The van der Waals surface area contributed by atoms with E-state index in [2.05, 4.69) is 16.9 Å². The molecule has 0 amide bonds. The lowest BCUT2D eigenvalue weighted by atomic mass is 10.3. The Morgan fingerprint density at radius 1 is 1.39 bits per heavy atom. The largest absolute Gasteiger partial charge is 0.381 e. The minimum atomic E-state index is 0.735. The number of nitrogens with one attached hydrogen (secondary N) is 1. The zero-order chi connectivity index (χ0) is 13.0. The van der Waals surface area contributed by atoms with Gasteiger partial charge in [-0.1, -0.05) is 6.92 Å². The molecule has 0 bridgehead atoms. The van der Waals surface area contributed by atoms with Crippen LogP contribution in [0.2, 0.25) is 0 Å². The lowest BCUT2D eigenvalue weighted by molar-refractivity contribution is 0.129. The molecule has 4 nitrogen and oxygen atoms in total. The molecular formula is C13H19N3OS. The molecule has 5 heteroatoms. The van der Waals surface area contributed by atoms with Gasteiger partial charge in [0.25, 0.3) is 0 Å². The van der Waals surface area contributed by atoms with Crippen molar-refractivity contribution in [1.29, 1.82) is 0 Å². The van der Waals surface area contributed by atoms with E-state index in [1.165, 1.54) is 0 Å². The van der Waals surface area contributed by atoms with Crippen LogP contribution in [0.4, 0.5) is 0 Å². The number of hydrogen-bond acceptors (Lipinski definition) is 3. The Labute approximate surface area is 112 Å². The third-order valence-corrected chi connectivity index (χ3v) is 3.10. The number of aromatic nitrogens is 3. The van der Waals surface area contributed by atoms with Crippen LogP contribution in [0.15, 0.2) is 12.1 Å². The van der Waals surface area contributed by atoms with E-state index in [4.69, 9.17) is 17.0 Å². The molecule has 0 aliphatic rings. The van der Waals surface area contributed by atoms with Crippen LogP contribution >= 0.6 is 12.2 Å². The van der Waals surface area contributed by atoms with E-state index in [-0.39, 0.29) is 0 Å². The first-order valence-electron chi connectivity index (χ1n) is 6.36. The molecule has 0 saturated carbocycles. The van der Waals surface area contributed by atoms with Crippen LogP contribution < -0.4 is 0 Å². The predicted molar refractivity (Wildman–Crippen MR) is 75.4 cm³/mol. The second kappa shape index (κ2) is 6.11. The Bertz CT molecular complexity index is 573. The highest BCUT2D eigenvalue weighted by Crippen LogP contribution is 2.12. The minimum absolute atomic E-state index is 0.735. The molecule has 0 aliphatic heterocycles. The third kappa shape index (κ3) is 2.97. The van der Waals surface area contributed by atoms with Crippen molar-refractivity contribution in [2.75, 3.05) is 13.2 Å². The van der Waals surface area contributed by atoms with Crippen molar-refractivity contribution < 1.29 is 4.74 Å². The van der Waals surface area contributed by atoms with Gasteiger partial charge in [-0.2, -0.15) is 0 Å². The second-order valence-corrected chi connectivity index (χ2v) is 4.76. The number of rotatable bonds is 6. The van der Waals surface area contributed by atoms with Crippen molar-refractivity contribution in [3.05, 3.63) is 22.6 Å². The molecule has 0 fully saturated rings. The van der Waals surface area contributed by atoms with Crippen LogP contribution in [0, 0.1) is 11.7 Å². The van der Waals surface area contributed by atoms with Crippen LogP contribution in [0.25, 0.3) is 11.2 Å². The van der Waals surface area contributed by atoms with Crippen molar-refractivity contribution in [3.8, 4) is 0 Å². The van der Waals surface area contributed by atoms with Crippen LogP contribution in [-0.4, -0.2) is 27.7 Å². The Kier molecular flexibility index (Phi) is 4.49. The highest BCUT2D eigenvalue weighted by atomic mass is 32.1.